The van der Waals surface area contributed by atoms with E-state index in [4.69, 9.17) is 10.5 Å². The van der Waals surface area contributed by atoms with Crippen molar-refractivity contribution in [1.82, 2.24) is 24.7 Å². The number of aromatic nitrogens is 5. The Balaban J connectivity index is 1.77. The number of nitrogens with zero attached hydrogens (tertiary/aromatic N) is 5. The van der Waals surface area contributed by atoms with Crippen molar-refractivity contribution in [3.05, 3.63) is 18.5 Å². The standard InChI is InChI=1S/C16H23N7O2/c17-13(24)8-10-18-14-20-15(23-11-5-9-19-23)22-16(21-14)25-12-6-3-1-2-4-7-12/h5,9,11-12H,1-4,6-8,10H2,(H2,17,24)(H,18,20,21,22). The predicted molar refractivity (Wildman–Crippen MR) is 91.4 cm³/mol. The first-order valence-electron chi connectivity index (χ1n) is 8.65. The monoisotopic (exact) mass is 345 g/mol. The topological polar surface area (TPSA) is 121 Å². The predicted octanol–water partition coefficient (Wildman–Crippen LogP) is 1.45. The average molecular weight is 345 g/mol. The Bertz CT molecular complexity index is 682. The van der Waals surface area contributed by atoms with Gasteiger partial charge in [-0.15, -0.1) is 0 Å². The minimum atomic E-state index is -0.385. The van der Waals surface area contributed by atoms with Gasteiger partial charge in [-0.1, -0.05) is 12.8 Å². The van der Waals surface area contributed by atoms with Gasteiger partial charge in [0.05, 0.1) is 0 Å². The summed E-state index contributed by atoms with van der Waals surface area (Å²) < 4.78 is 7.55. The van der Waals surface area contributed by atoms with Gasteiger partial charge in [0.15, 0.2) is 0 Å². The molecule has 1 amide bonds. The zero-order chi connectivity index (χ0) is 17.5. The SMILES string of the molecule is NC(=O)CCNc1nc(OC2CCCCCC2)nc(-n2cccn2)n1. The number of ether oxygens (including phenoxy) is 1. The average Bonchev–Trinajstić information content (AvgIpc) is 3.00. The fourth-order valence-corrected chi connectivity index (χ4v) is 2.77. The highest BCUT2D eigenvalue weighted by atomic mass is 16.5. The Kier molecular flexibility index (Phi) is 5.76. The molecule has 1 fully saturated rings. The quantitative estimate of drug-likeness (QED) is 0.728. The Morgan fingerprint density at radius 3 is 2.72 bits per heavy atom. The van der Waals surface area contributed by atoms with Gasteiger partial charge in [0, 0.05) is 25.4 Å². The van der Waals surface area contributed by atoms with Crippen LogP contribution in [0.4, 0.5) is 5.95 Å². The number of hydrogen-bond donors (Lipinski definition) is 2. The highest BCUT2D eigenvalue weighted by Crippen LogP contribution is 2.21. The molecule has 0 unspecified atom stereocenters. The zero-order valence-electron chi connectivity index (χ0n) is 14.1. The third-order valence-corrected chi connectivity index (χ3v) is 4.04. The number of carbonyl (C=O) groups excluding carboxylic acids is 1. The molecule has 3 N–H and O–H groups in total. The second-order valence-electron chi connectivity index (χ2n) is 6.07. The zero-order valence-corrected chi connectivity index (χ0v) is 14.1. The largest absolute Gasteiger partial charge is 0.460 e. The Morgan fingerprint density at radius 1 is 1.24 bits per heavy atom. The number of rotatable bonds is 7. The van der Waals surface area contributed by atoms with Crippen molar-refractivity contribution in [3.8, 4) is 12.0 Å². The summed E-state index contributed by atoms with van der Waals surface area (Å²) in [4.78, 5) is 23.9. The number of nitrogens with two attached hydrogens (primary N) is 1. The molecule has 9 nitrogen and oxygen atoms in total. The molecule has 0 atom stereocenters. The van der Waals surface area contributed by atoms with Crippen LogP contribution >= 0.6 is 0 Å². The first-order valence-corrected chi connectivity index (χ1v) is 8.65. The van der Waals surface area contributed by atoms with Crippen molar-refractivity contribution in [2.75, 3.05) is 11.9 Å². The molecule has 2 aromatic heterocycles. The molecule has 3 rings (SSSR count). The first-order chi connectivity index (χ1) is 12.2. The van der Waals surface area contributed by atoms with Crippen molar-refractivity contribution in [2.24, 2.45) is 5.73 Å². The lowest BCUT2D eigenvalue weighted by Gasteiger charge is -2.16. The van der Waals surface area contributed by atoms with Gasteiger partial charge in [-0.25, -0.2) is 4.68 Å². The van der Waals surface area contributed by atoms with Crippen LogP contribution in [0.15, 0.2) is 18.5 Å². The van der Waals surface area contributed by atoms with E-state index < -0.39 is 0 Å². The molecule has 0 bridgehead atoms. The normalized spacial score (nSPS) is 15.5. The fourth-order valence-electron chi connectivity index (χ4n) is 2.77. The van der Waals surface area contributed by atoms with E-state index in [0.717, 1.165) is 25.7 Å². The Hall–Kier alpha value is -2.71. The first kappa shape index (κ1) is 17.1. The summed E-state index contributed by atoms with van der Waals surface area (Å²) in [6, 6.07) is 2.06. The maximum atomic E-state index is 10.9. The van der Waals surface area contributed by atoms with Crippen LogP contribution in [0.25, 0.3) is 5.95 Å². The Labute approximate surface area is 146 Å². The minimum Gasteiger partial charge on any atom is -0.460 e. The van der Waals surface area contributed by atoms with Crippen LogP contribution in [0.1, 0.15) is 44.9 Å². The van der Waals surface area contributed by atoms with Crippen LogP contribution in [0, 0.1) is 0 Å². The molecule has 2 aromatic rings. The summed E-state index contributed by atoms with van der Waals surface area (Å²) in [7, 11) is 0. The summed E-state index contributed by atoms with van der Waals surface area (Å²) in [5.74, 6) is 0.319. The lowest BCUT2D eigenvalue weighted by Crippen LogP contribution is -2.20. The number of nitrogens with one attached hydrogen (secondary N) is 1. The number of hydrogen-bond acceptors (Lipinski definition) is 7. The third-order valence-electron chi connectivity index (χ3n) is 4.04. The molecule has 134 valence electrons. The van der Waals surface area contributed by atoms with Crippen molar-refractivity contribution in [2.45, 2.75) is 51.0 Å². The van der Waals surface area contributed by atoms with Crippen molar-refractivity contribution >= 4 is 11.9 Å². The molecule has 1 aliphatic rings. The van der Waals surface area contributed by atoms with E-state index >= 15 is 0 Å². The molecule has 1 aliphatic carbocycles. The minimum absolute atomic E-state index is 0.119. The Morgan fingerprint density at radius 2 is 2.04 bits per heavy atom. The van der Waals surface area contributed by atoms with Gasteiger partial charge >= 0.3 is 6.01 Å². The van der Waals surface area contributed by atoms with Gasteiger partial charge in [-0.3, -0.25) is 4.79 Å². The number of primary amides is 1. The van der Waals surface area contributed by atoms with E-state index in [0.29, 0.717) is 18.4 Å². The van der Waals surface area contributed by atoms with Crippen molar-refractivity contribution in [1.29, 1.82) is 0 Å². The van der Waals surface area contributed by atoms with E-state index in [1.807, 2.05) is 0 Å². The van der Waals surface area contributed by atoms with E-state index in [-0.39, 0.29) is 24.4 Å². The maximum Gasteiger partial charge on any atom is 0.323 e. The third kappa shape index (κ3) is 5.13. The van der Waals surface area contributed by atoms with Gasteiger partial charge in [0.1, 0.15) is 6.10 Å². The van der Waals surface area contributed by atoms with Crippen molar-refractivity contribution in [3.63, 3.8) is 0 Å². The van der Waals surface area contributed by atoms with Crippen LogP contribution in [0.2, 0.25) is 0 Å². The molecule has 25 heavy (non-hydrogen) atoms. The van der Waals surface area contributed by atoms with Crippen LogP contribution < -0.4 is 15.8 Å². The highest BCUT2D eigenvalue weighted by Gasteiger charge is 2.17. The maximum absolute atomic E-state index is 10.9. The van der Waals surface area contributed by atoms with Crippen molar-refractivity contribution < 1.29 is 9.53 Å². The molecule has 9 heteroatoms. The number of amides is 1. The van der Waals surface area contributed by atoms with E-state index in [1.165, 1.54) is 12.8 Å². The summed E-state index contributed by atoms with van der Waals surface area (Å²) in [5, 5.41) is 7.13. The smallest absolute Gasteiger partial charge is 0.323 e. The molecular formula is C16H23N7O2. The van der Waals surface area contributed by atoms with Crippen LogP contribution in [-0.2, 0) is 4.79 Å². The molecule has 0 aromatic carbocycles. The summed E-state index contributed by atoms with van der Waals surface area (Å²) in [5.41, 5.74) is 5.16. The van der Waals surface area contributed by atoms with Crippen LogP contribution in [0.3, 0.4) is 0 Å². The molecule has 1 saturated carbocycles. The van der Waals surface area contributed by atoms with Gasteiger partial charge in [0.2, 0.25) is 11.9 Å². The number of anilines is 1. The summed E-state index contributed by atoms with van der Waals surface area (Å²) in [6.45, 7) is 0.348. The molecule has 0 aliphatic heterocycles. The van der Waals surface area contributed by atoms with Gasteiger partial charge < -0.3 is 15.8 Å². The van der Waals surface area contributed by atoms with Gasteiger partial charge in [-0.2, -0.15) is 20.1 Å². The van der Waals surface area contributed by atoms with Crippen LogP contribution in [-0.4, -0.2) is 43.3 Å². The highest BCUT2D eigenvalue weighted by molar-refractivity contribution is 5.74. The van der Waals surface area contributed by atoms with Gasteiger partial charge in [0.25, 0.3) is 5.95 Å². The lowest BCUT2D eigenvalue weighted by molar-refractivity contribution is -0.117. The van der Waals surface area contributed by atoms with E-state index in [2.05, 4.69) is 25.4 Å². The molecule has 0 saturated heterocycles. The van der Waals surface area contributed by atoms with E-state index in [9.17, 15) is 4.79 Å². The second kappa shape index (κ2) is 8.41. The van der Waals surface area contributed by atoms with E-state index in [1.54, 1.807) is 23.1 Å². The molecule has 2 heterocycles. The van der Waals surface area contributed by atoms with Crippen LogP contribution in [0.5, 0.6) is 6.01 Å². The summed E-state index contributed by atoms with van der Waals surface area (Å²) >= 11 is 0. The molecule has 0 radical (unpaired) electrons. The second-order valence-corrected chi connectivity index (χ2v) is 6.07. The number of carbonyl (C=O) groups is 1. The lowest BCUT2D eigenvalue weighted by atomic mass is 10.2. The van der Waals surface area contributed by atoms with Gasteiger partial charge in [-0.05, 0) is 31.7 Å². The summed E-state index contributed by atoms with van der Waals surface area (Å²) in [6.07, 6.45) is 10.5. The fraction of sp³-hybridized carbons (Fsp3) is 0.562. The molecular weight excluding hydrogens is 322 g/mol. The molecule has 0 spiro atoms.